The van der Waals surface area contributed by atoms with E-state index in [1.165, 1.54) is 29.7 Å². The van der Waals surface area contributed by atoms with Gasteiger partial charge in [0.15, 0.2) is 0 Å². The summed E-state index contributed by atoms with van der Waals surface area (Å²) in [5, 5.41) is 3.11. The molecule has 1 atom stereocenters. The molecule has 1 heterocycles. The summed E-state index contributed by atoms with van der Waals surface area (Å²) in [6, 6.07) is 15.3. The van der Waals surface area contributed by atoms with Crippen molar-refractivity contribution in [2.75, 3.05) is 36.9 Å². The molecule has 27 heavy (non-hydrogen) atoms. The highest BCUT2D eigenvalue weighted by Crippen LogP contribution is 2.34. The van der Waals surface area contributed by atoms with Crippen molar-refractivity contribution >= 4 is 17.3 Å². The lowest BCUT2D eigenvalue weighted by atomic mass is 10.1. The molecule has 1 aliphatic heterocycles. The molecule has 2 aromatic carbocycles. The topological polar surface area (TPSA) is 35.6 Å². The number of anilines is 2. The SMILES string of the molecule is Cc1cc(N2CCCC2)ccc1NC(=O)CN(C)[C@@H]1CCc2ccccc21. The van der Waals surface area contributed by atoms with Crippen molar-refractivity contribution in [3.05, 3.63) is 59.2 Å². The molecule has 1 saturated heterocycles. The van der Waals surface area contributed by atoms with E-state index >= 15 is 0 Å². The van der Waals surface area contributed by atoms with Gasteiger partial charge in [-0.1, -0.05) is 24.3 Å². The first-order valence-electron chi connectivity index (χ1n) is 10.1. The zero-order valence-electron chi connectivity index (χ0n) is 16.4. The minimum atomic E-state index is 0.0545. The van der Waals surface area contributed by atoms with E-state index in [2.05, 4.69) is 65.5 Å². The molecule has 1 N–H and O–H groups in total. The predicted octanol–water partition coefficient (Wildman–Crippen LogP) is 4.15. The normalized spacial score (nSPS) is 18.8. The molecule has 0 aromatic heterocycles. The van der Waals surface area contributed by atoms with E-state index in [0.29, 0.717) is 12.6 Å². The highest BCUT2D eigenvalue weighted by atomic mass is 16.2. The minimum Gasteiger partial charge on any atom is -0.372 e. The lowest BCUT2D eigenvalue weighted by molar-refractivity contribution is -0.117. The van der Waals surface area contributed by atoms with Crippen molar-refractivity contribution < 1.29 is 4.79 Å². The lowest BCUT2D eigenvalue weighted by Crippen LogP contribution is -2.32. The molecule has 0 spiro atoms. The second-order valence-corrected chi connectivity index (χ2v) is 7.91. The van der Waals surface area contributed by atoms with Crippen molar-refractivity contribution in [1.82, 2.24) is 4.90 Å². The molecule has 1 amide bonds. The number of hydrogen-bond donors (Lipinski definition) is 1. The van der Waals surface area contributed by atoms with Crippen LogP contribution in [0, 0.1) is 6.92 Å². The monoisotopic (exact) mass is 363 g/mol. The fourth-order valence-electron chi connectivity index (χ4n) is 4.48. The third-order valence-electron chi connectivity index (χ3n) is 5.98. The molecule has 1 fully saturated rings. The number of carbonyl (C=O) groups is 1. The van der Waals surface area contributed by atoms with Crippen LogP contribution in [0.3, 0.4) is 0 Å². The van der Waals surface area contributed by atoms with E-state index in [1.807, 2.05) is 6.07 Å². The van der Waals surface area contributed by atoms with Crippen molar-refractivity contribution in [3.8, 4) is 0 Å². The molecule has 4 nitrogen and oxygen atoms in total. The van der Waals surface area contributed by atoms with Gasteiger partial charge in [-0.25, -0.2) is 0 Å². The van der Waals surface area contributed by atoms with E-state index in [0.717, 1.165) is 37.2 Å². The number of nitrogens with one attached hydrogen (secondary N) is 1. The summed E-state index contributed by atoms with van der Waals surface area (Å²) in [5.74, 6) is 0.0545. The summed E-state index contributed by atoms with van der Waals surface area (Å²) in [7, 11) is 2.05. The Balaban J connectivity index is 1.38. The molecule has 0 radical (unpaired) electrons. The van der Waals surface area contributed by atoms with Gasteiger partial charge in [-0.05, 0) is 74.5 Å². The summed E-state index contributed by atoms with van der Waals surface area (Å²) in [4.78, 5) is 17.2. The molecule has 2 aromatic rings. The number of benzene rings is 2. The second-order valence-electron chi connectivity index (χ2n) is 7.91. The molecule has 1 aliphatic carbocycles. The average Bonchev–Trinajstić information content (AvgIpc) is 3.33. The predicted molar refractivity (Wildman–Crippen MR) is 111 cm³/mol. The maximum atomic E-state index is 12.6. The molecular weight excluding hydrogens is 334 g/mol. The maximum absolute atomic E-state index is 12.6. The standard InChI is InChI=1S/C23H29N3O/c1-17-15-19(26-13-5-6-14-26)10-11-21(17)24-23(27)16-25(2)22-12-9-18-7-3-4-8-20(18)22/h3-4,7-8,10-11,15,22H,5-6,9,12-14,16H2,1-2H3,(H,24,27)/t22-/m1/s1. The first-order valence-corrected chi connectivity index (χ1v) is 10.1. The van der Waals surface area contributed by atoms with E-state index in [-0.39, 0.29) is 5.91 Å². The Kier molecular flexibility index (Phi) is 5.17. The summed E-state index contributed by atoms with van der Waals surface area (Å²) < 4.78 is 0. The smallest absolute Gasteiger partial charge is 0.238 e. The number of hydrogen-bond acceptors (Lipinski definition) is 3. The van der Waals surface area contributed by atoms with E-state index < -0.39 is 0 Å². The van der Waals surface area contributed by atoms with Crippen LogP contribution in [0.5, 0.6) is 0 Å². The highest BCUT2D eigenvalue weighted by molar-refractivity contribution is 5.93. The van der Waals surface area contributed by atoms with Crippen LogP contribution < -0.4 is 10.2 Å². The van der Waals surface area contributed by atoms with E-state index in [9.17, 15) is 4.79 Å². The van der Waals surface area contributed by atoms with Gasteiger partial charge < -0.3 is 10.2 Å². The highest BCUT2D eigenvalue weighted by Gasteiger charge is 2.26. The summed E-state index contributed by atoms with van der Waals surface area (Å²) >= 11 is 0. The first kappa shape index (κ1) is 18.1. The lowest BCUT2D eigenvalue weighted by Gasteiger charge is -2.25. The molecule has 4 rings (SSSR count). The fourth-order valence-corrected chi connectivity index (χ4v) is 4.48. The third kappa shape index (κ3) is 3.86. The van der Waals surface area contributed by atoms with Crippen LogP contribution in [0.2, 0.25) is 0 Å². The Hall–Kier alpha value is -2.33. The Bertz CT molecular complexity index is 826. The number of likely N-dealkylation sites (N-methyl/N-ethyl adjacent to an activating group) is 1. The van der Waals surface area contributed by atoms with Gasteiger partial charge in [-0.3, -0.25) is 9.69 Å². The summed E-state index contributed by atoms with van der Waals surface area (Å²) in [5.41, 5.74) is 6.11. The second kappa shape index (κ2) is 7.73. The number of fused-ring (bicyclic) bond motifs is 1. The molecular formula is C23H29N3O. The van der Waals surface area contributed by atoms with Gasteiger partial charge in [0.1, 0.15) is 0 Å². The van der Waals surface area contributed by atoms with E-state index in [4.69, 9.17) is 0 Å². The Labute approximate surface area is 162 Å². The number of nitrogens with zero attached hydrogens (tertiary/aromatic N) is 2. The number of amides is 1. The number of rotatable bonds is 5. The molecule has 0 saturated carbocycles. The zero-order chi connectivity index (χ0) is 18.8. The fraction of sp³-hybridized carbons (Fsp3) is 0.435. The summed E-state index contributed by atoms with van der Waals surface area (Å²) in [6.45, 7) is 4.76. The van der Waals surface area contributed by atoms with Crippen molar-refractivity contribution in [2.24, 2.45) is 0 Å². The molecule has 0 unspecified atom stereocenters. The first-order chi connectivity index (χ1) is 13.1. The van der Waals surface area contributed by atoms with Gasteiger partial charge in [0.25, 0.3) is 0 Å². The number of aryl methyl sites for hydroxylation is 2. The van der Waals surface area contributed by atoms with Crippen LogP contribution in [-0.4, -0.2) is 37.5 Å². The third-order valence-corrected chi connectivity index (χ3v) is 5.98. The Morgan fingerprint density at radius 1 is 1.19 bits per heavy atom. The minimum absolute atomic E-state index is 0.0545. The van der Waals surface area contributed by atoms with Gasteiger partial charge in [0.05, 0.1) is 6.54 Å². The van der Waals surface area contributed by atoms with Crippen LogP contribution in [0.25, 0.3) is 0 Å². The molecule has 2 aliphatic rings. The van der Waals surface area contributed by atoms with Gasteiger partial charge >= 0.3 is 0 Å². The maximum Gasteiger partial charge on any atom is 0.238 e. The van der Waals surface area contributed by atoms with Crippen molar-refractivity contribution in [1.29, 1.82) is 0 Å². The van der Waals surface area contributed by atoms with Crippen LogP contribution in [0.1, 0.15) is 42.0 Å². The van der Waals surface area contributed by atoms with Crippen LogP contribution >= 0.6 is 0 Å². The van der Waals surface area contributed by atoms with Crippen LogP contribution in [-0.2, 0) is 11.2 Å². The summed E-state index contributed by atoms with van der Waals surface area (Å²) in [6.07, 6.45) is 4.74. The molecule has 4 heteroatoms. The van der Waals surface area contributed by atoms with Gasteiger partial charge in [0.2, 0.25) is 5.91 Å². The van der Waals surface area contributed by atoms with Gasteiger partial charge in [0, 0.05) is 30.5 Å². The molecule has 142 valence electrons. The zero-order valence-corrected chi connectivity index (χ0v) is 16.4. The van der Waals surface area contributed by atoms with Gasteiger partial charge in [-0.15, -0.1) is 0 Å². The number of carbonyl (C=O) groups excluding carboxylic acids is 1. The quantitative estimate of drug-likeness (QED) is 0.867. The molecule has 0 bridgehead atoms. The van der Waals surface area contributed by atoms with E-state index in [1.54, 1.807) is 0 Å². The Morgan fingerprint density at radius 2 is 1.96 bits per heavy atom. The van der Waals surface area contributed by atoms with Gasteiger partial charge in [-0.2, -0.15) is 0 Å². The van der Waals surface area contributed by atoms with Crippen molar-refractivity contribution in [2.45, 2.75) is 38.6 Å². The van der Waals surface area contributed by atoms with Crippen molar-refractivity contribution in [3.63, 3.8) is 0 Å². The van der Waals surface area contributed by atoms with Crippen LogP contribution in [0.15, 0.2) is 42.5 Å². The largest absolute Gasteiger partial charge is 0.372 e. The Morgan fingerprint density at radius 3 is 2.74 bits per heavy atom. The average molecular weight is 364 g/mol. The van der Waals surface area contributed by atoms with Crippen LogP contribution in [0.4, 0.5) is 11.4 Å².